The molecule has 1 rings (SSSR count). The van der Waals surface area contributed by atoms with Crippen molar-refractivity contribution >= 4 is 5.90 Å². The van der Waals surface area contributed by atoms with Gasteiger partial charge in [-0.25, -0.2) is 0 Å². The number of rotatable bonds is 2. The first kappa shape index (κ1) is 9.78. The van der Waals surface area contributed by atoms with Crippen molar-refractivity contribution in [2.24, 2.45) is 0 Å². The van der Waals surface area contributed by atoms with Crippen LogP contribution in [-0.4, -0.2) is 12.5 Å². The Kier molecular flexibility index (Phi) is 3.07. The lowest BCUT2D eigenvalue weighted by Crippen LogP contribution is -2.06. The highest BCUT2D eigenvalue weighted by Crippen LogP contribution is 2.11. The van der Waals surface area contributed by atoms with Gasteiger partial charge in [0.05, 0.1) is 6.61 Å². The number of ether oxygens (including phenoxy) is 1. The van der Waals surface area contributed by atoms with Crippen LogP contribution >= 0.6 is 0 Å². The largest absolute Gasteiger partial charge is 0.478 e. The second-order valence-electron chi connectivity index (χ2n) is 3.08. The zero-order valence-corrected chi connectivity index (χ0v) is 8.35. The molecule has 0 aromatic heterocycles. The van der Waals surface area contributed by atoms with Crippen LogP contribution in [0, 0.1) is 19.3 Å². The highest BCUT2D eigenvalue weighted by molar-refractivity contribution is 5.93. The van der Waals surface area contributed by atoms with Crippen molar-refractivity contribution in [2.45, 2.75) is 20.8 Å². The summed E-state index contributed by atoms with van der Waals surface area (Å²) < 4.78 is 5.13. The summed E-state index contributed by atoms with van der Waals surface area (Å²) in [5, 5.41) is 7.62. The topological polar surface area (TPSA) is 33.1 Å². The molecule has 13 heavy (non-hydrogen) atoms. The molecule has 0 radical (unpaired) electrons. The van der Waals surface area contributed by atoms with Crippen molar-refractivity contribution in [3.63, 3.8) is 0 Å². The lowest BCUT2D eigenvalue weighted by molar-refractivity contribution is 0.325. The Hall–Kier alpha value is -1.31. The van der Waals surface area contributed by atoms with Crippen molar-refractivity contribution in [3.8, 4) is 0 Å². The minimum Gasteiger partial charge on any atom is -0.478 e. The van der Waals surface area contributed by atoms with E-state index in [0.29, 0.717) is 6.61 Å². The Morgan fingerprint density at radius 1 is 1.38 bits per heavy atom. The molecule has 0 amide bonds. The van der Waals surface area contributed by atoms with Crippen molar-refractivity contribution < 1.29 is 4.74 Å². The lowest BCUT2D eigenvalue weighted by atomic mass is 10.1. The van der Waals surface area contributed by atoms with Gasteiger partial charge in [0.1, 0.15) is 0 Å². The summed E-state index contributed by atoms with van der Waals surface area (Å²) in [4.78, 5) is 0. The van der Waals surface area contributed by atoms with Gasteiger partial charge >= 0.3 is 0 Å². The van der Waals surface area contributed by atoms with E-state index < -0.39 is 0 Å². The van der Waals surface area contributed by atoms with E-state index in [-0.39, 0.29) is 5.90 Å². The van der Waals surface area contributed by atoms with Gasteiger partial charge in [-0.3, -0.25) is 5.41 Å². The zero-order chi connectivity index (χ0) is 9.84. The molecule has 0 aliphatic carbocycles. The normalized spacial score (nSPS) is 9.77. The van der Waals surface area contributed by atoms with E-state index in [2.05, 4.69) is 6.07 Å². The fourth-order valence-electron chi connectivity index (χ4n) is 1.29. The predicted octanol–water partition coefficient (Wildman–Crippen LogP) is 2.67. The summed E-state index contributed by atoms with van der Waals surface area (Å²) in [7, 11) is 0. The first-order chi connectivity index (χ1) is 6.15. The summed E-state index contributed by atoms with van der Waals surface area (Å²) in [6.07, 6.45) is 0. The maximum absolute atomic E-state index is 7.62. The molecule has 0 bridgehead atoms. The monoisotopic (exact) mass is 177 g/mol. The van der Waals surface area contributed by atoms with Gasteiger partial charge in [0.2, 0.25) is 5.90 Å². The fraction of sp³-hybridized carbons (Fsp3) is 0.364. The third kappa shape index (κ3) is 2.31. The van der Waals surface area contributed by atoms with Gasteiger partial charge in [0, 0.05) is 5.56 Å². The Morgan fingerprint density at radius 3 is 2.62 bits per heavy atom. The number of benzene rings is 1. The number of nitrogens with one attached hydrogen (secondary N) is 1. The minimum absolute atomic E-state index is 0.264. The molecule has 2 heteroatoms. The third-order valence-electron chi connectivity index (χ3n) is 1.92. The molecule has 70 valence electrons. The predicted molar refractivity (Wildman–Crippen MR) is 54.4 cm³/mol. The Bertz CT molecular complexity index is 318. The van der Waals surface area contributed by atoms with E-state index in [1.54, 1.807) is 0 Å². The van der Waals surface area contributed by atoms with Gasteiger partial charge in [0.15, 0.2) is 0 Å². The van der Waals surface area contributed by atoms with E-state index >= 15 is 0 Å². The molecule has 0 heterocycles. The molecule has 0 fully saturated rings. The molecule has 0 spiro atoms. The van der Waals surface area contributed by atoms with Crippen LogP contribution in [0.3, 0.4) is 0 Å². The van der Waals surface area contributed by atoms with E-state index in [0.717, 1.165) is 11.1 Å². The Labute approximate surface area is 79.1 Å². The molecule has 1 aromatic carbocycles. The second kappa shape index (κ2) is 4.08. The molecule has 1 N–H and O–H groups in total. The van der Waals surface area contributed by atoms with Crippen LogP contribution in [0.5, 0.6) is 0 Å². The first-order valence-corrected chi connectivity index (χ1v) is 4.44. The van der Waals surface area contributed by atoms with Crippen LogP contribution in [-0.2, 0) is 4.74 Å². The average Bonchev–Trinajstić information content (AvgIpc) is 2.04. The second-order valence-corrected chi connectivity index (χ2v) is 3.08. The van der Waals surface area contributed by atoms with Gasteiger partial charge in [-0.2, -0.15) is 0 Å². The maximum Gasteiger partial charge on any atom is 0.213 e. The highest BCUT2D eigenvalue weighted by atomic mass is 16.5. The van der Waals surface area contributed by atoms with Gasteiger partial charge in [-0.05, 0) is 32.4 Å². The van der Waals surface area contributed by atoms with Crippen LogP contribution in [0.25, 0.3) is 0 Å². The molecule has 0 saturated carbocycles. The smallest absolute Gasteiger partial charge is 0.213 e. The van der Waals surface area contributed by atoms with Gasteiger partial charge in [0.25, 0.3) is 0 Å². The van der Waals surface area contributed by atoms with Crippen molar-refractivity contribution in [1.82, 2.24) is 0 Å². The van der Waals surface area contributed by atoms with Gasteiger partial charge < -0.3 is 4.74 Å². The van der Waals surface area contributed by atoms with Crippen molar-refractivity contribution in [2.75, 3.05) is 6.61 Å². The number of hydrogen-bond donors (Lipinski definition) is 1. The molecule has 0 unspecified atom stereocenters. The van der Waals surface area contributed by atoms with E-state index in [1.807, 2.05) is 32.9 Å². The van der Waals surface area contributed by atoms with E-state index in [1.165, 1.54) is 5.56 Å². The summed E-state index contributed by atoms with van der Waals surface area (Å²) in [6.45, 7) is 6.47. The summed E-state index contributed by atoms with van der Waals surface area (Å²) >= 11 is 0. The highest BCUT2D eigenvalue weighted by Gasteiger charge is 2.04. The first-order valence-electron chi connectivity index (χ1n) is 4.44. The molecular formula is C11H15NO. The molecular weight excluding hydrogens is 162 g/mol. The average molecular weight is 177 g/mol. The zero-order valence-electron chi connectivity index (χ0n) is 8.35. The van der Waals surface area contributed by atoms with Gasteiger partial charge in [-0.15, -0.1) is 0 Å². The molecule has 0 aliphatic heterocycles. The molecule has 0 atom stereocenters. The Balaban J connectivity index is 2.95. The van der Waals surface area contributed by atoms with Crippen LogP contribution in [0.2, 0.25) is 0 Å². The lowest BCUT2D eigenvalue weighted by Gasteiger charge is -2.08. The van der Waals surface area contributed by atoms with Crippen molar-refractivity contribution in [1.29, 1.82) is 5.41 Å². The molecule has 1 aromatic rings. The van der Waals surface area contributed by atoms with Crippen LogP contribution in [0.15, 0.2) is 18.2 Å². The van der Waals surface area contributed by atoms with E-state index in [9.17, 15) is 0 Å². The SMILES string of the molecule is CCOC(=N)c1ccc(C)cc1C. The summed E-state index contributed by atoms with van der Waals surface area (Å²) in [5.74, 6) is 0.264. The number of hydrogen-bond acceptors (Lipinski definition) is 2. The molecule has 2 nitrogen and oxygen atoms in total. The number of aryl methyl sites for hydroxylation is 2. The minimum atomic E-state index is 0.264. The summed E-state index contributed by atoms with van der Waals surface area (Å²) in [5.41, 5.74) is 3.19. The van der Waals surface area contributed by atoms with Gasteiger partial charge in [-0.1, -0.05) is 17.7 Å². The maximum atomic E-state index is 7.62. The third-order valence-corrected chi connectivity index (χ3v) is 1.92. The van der Waals surface area contributed by atoms with Crippen LogP contribution < -0.4 is 0 Å². The summed E-state index contributed by atoms with van der Waals surface area (Å²) in [6, 6.07) is 5.99. The van der Waals surface area contributed by atoms with Crippen LogP contribution in [0.4, 0.5) is 0 Å². The quantitative estimate of drug-likeness (QED) is 0.546. The molecule has 0 aliphatic rings. The fourth-order valence-corrected chi connectivity index (χ4v) is 1.29. The standard InChI is InChI=1S/C11H15NO/c1-4-13-11(12)10-6-5-8(2)7-9(10)3/h5-7,12H,4H2,1-3H3. The van der Waals surface area contributed by atoms with Crippen molar-refractivity contribution in [3.05, 3.63) is 34.9 Å². The van der Waals surface area contributed by atoms with E-state index in [4.69, 9.17) is 10.1 Å². The molecule has 0 saturated heterocycles. The van der Waals surface area contributed by atoms with Crippen LogP contribution in [0.1, 0.15) is 23.6 Å². The Morgan fingerprint density at radius 2 is 2.08 bits per heavy atom.